The molecule has 4 heteroatoms. The highest BCUT2D eigenvalue weighted by atomic mass is 35.5. The lowest BCUT2D eigenvalue weighted by Gasteiger charge is -2.10. The van der Waals surface area contributed by atoms with Crippen LogP contribution >= 0.6 is 11.6 Å². The quantitative estimate of drug-likeness (QED) is 0.417. The predicted molar refractivity (Wildman–Crippen MR) is 108 cm³/mol. The second kappa shape index (κ2) is 7.60. The molecule has 0 amide bonds. The molecular weight excluding hydrogens is 358 g/mol. The summed E-state index contributed by atoms with van der Waals surface area (Å²) in [5, 5.41) is 1.43. The summed E-state index contributed by atoms with van der Waals surface area (Å²) in [5.41, 5.74) is 3.85. The number of esters is 1. The van der Waals surface area contributed by atoms with Crippen LogP contribution in [0.2, 0.25) is 5.02 Å². The number of pyridine rings is 1. The van der Waals surface area contributed by atoms with Crippen LogP contribution in [0.4, 0.5) is 0 Å². The summed E-state index contributed by atoms with van der Waals surface area (Å²) < 4.78 is 5.54. The van der Waals surface area contributed by atoms with Gasteiger partial charge in [-0.25, -0.2) is 9.78 Å². The summed E-state index contributed by atoms with van der Waals surface area (Å²) in [6, 6.07) is 26.4. The topological polar surface area (TPSA) is 39.2 Å². The van der Waals surface area contributed by atoms with Gasteiger partial charge < -0.3 is 4.74 Å². The molecule has 0 radical (unpaired) electrons. The van der Waals surface area contributed by atoms with E-state index < -0.39 is 0 Å². The molecule has 1 aromatic heterocycles. The van der Waals surface area contributed by atoms with Gasteiger partial charge in [0.05, 0.1) is 16.8 Å². The first-order valence-corrected chi connectivity index (χ1v) is 8.95. The number of fused-ring (bicyclic) bond motifs is 1. The normalized spacial score (nSPS) is 10.7. The fraction of sp³-hybridized carbons (Fsp3) is 0.0435. The van der Waals surface area contributed by atoms with Crippen molar-refractivity contribution in [2.24, 2.45) is 0 Å². The third-order valence-electron chi connectivity index (χ3n) is 4.29. The van der Waals surface area contributed by atoms with Gasteiger partial charge in [0.2, 0.25) is 0 Å². The van der Waals surface area contributed by atoms with Gasteiger partial charge in [0, 0.05) is 16.0 Å². The molecule has 0 unspecified atom stereocenters. The Bertz CT molecular complexity index is 1090. The molecule has 4 rings (SSSR count). The molecule has 0 saturated heterocycles. The fourth-order valence-corrected chi connectivity index (χ4v) is 3.03. The molecule has 0 saturated carbocycles. The molecule has 27 heavy (non-hydrogen) atoms. The predicted octanol–water partition coefficient (Wildman–Crippen LogP) is 5.91. The summed E-state index contributed by atoms with van der Waals surface area (Å²) in [5.74, 6) is -0.374. The van der Waals surface area contributed by atoms with Crippen molar-refractivity contribution in [1.82, 2.24) is 4.98 Å². The smallest absolute Gasteiger partial charge is 0.339 e. The van der Waals surface area contributed by atoms with Crippen molar-refractivity contribution in [2.75, 3.05) is 0 Å². The molecule has 3 aromatic carbocycles. The molecule has 1 heterocycles. The van der Waals surface area contributed by atoms with Gasteiger partial charge in [0.15, 0.2) is 0 Å². The lowest BCUT2D eigenvalue weighted by molar-refractivity contribution is 0.0475. The van der Waals surface area contributed by atoms with Crippen molar-refractivity contribution in [3.8, 4) is 11.3 Å². The van der Waals surface area contributed by atoms with Crippen LogP contribution in [-0.2, 0) is 11.3 Å². The molecule has 132 valence electrons. The largest absolute Gasteiger partial charge is 0.457 e. The molecule has 0 spiro atoms. The maximum absolute atomic E-state index is 12.8. The van der Waals surface area contributed by atoms with E-state index >= 15 is 0 Å². The molecule has 3 nitrogen and oxygen atoms in total. The average Bonchev–Trinajstić information content (AvgIpc) is 2.73. The molecule has 4 aromatic rings. The van der Waals surface area contributed by atoms with Crippen LogP contribution in [0.25, 0.3) is 22.2 Å². The van der Waals surface area contributed by atoms with Crippen LogP contribution in [-0.4, -0.2) is 11.0 Å². The van der Waals surface area contributed by atoms with Crippen molar-refractivity contribution in [2.45, 2.75) is 6.61 Å². The zero-order valence-electron chi connectivity index (χ0n) is 14.4. The van der Waals surface area contributed by atoms with Crippen molar-refractivity contribution in [3.05, 3.63) is 101 Å². The Balaban J connectivity index is 1.69. The number of benzene rings is 3. The minimum atomic E-state index is -0.374. The van der Waals surface area contributed by atoms with Crippen LogP contribution in [0.15, 0.2) is 84.9 Å². The van der Waals surface area contributed by atoms with E-state index in [0.29, 0.717) is 10.6 Å². The first-order valence-electron chi connectivity index (χ1n) is 8.57. The fourth-order valence-electron chi connectivity index (χ4n) is 2.91. The molecule has 0 bridgehead atoms. The molecule has 0 atom stereocenters. The minimum Gasteiger partial charge on any atom is -0.457 e. The van der Waals surface area contributed by atoms with Crippen LogP contribution in [0.5, 0.6) is 0 Å². The van der Waals surface area contributed by atoms with E-state index in [9.17, 15) is 4.79 Å². The minimum absolute atomic E-state index is 0.188. The number of para-hydroxylation sites is 1. The Labute approximate surface area is 162 Å². The summed E-state index contributed by atoms with van der Waals surface area (Å²) in [6.07, 6.45) is 0. The molecule has 0 aliphatic heterocycles. The Hall–Kier alpha value is -3.17. The maximum atomic E-state index is 12.8. The van der Waals surface area contributed by atoms with E-state index in [1.54, 1.807) is 18.2 Å². The van der Waals surface area contributed by atoms with Gasteiger partial charge in [-0.05, 0) is 29.8 Å². The van der Waals surface area contributed by atoms with Crippen molar-refractivity contribution < 1.29 is 9.53 Å². The lowest BCUT2D eigenvalue weighted by Crippen LogP contribution is -2.07. The third kappa shape index (κ3) is 3.83. The highest BCUT2D eigenvalue weighted by Crippen LogP contribution is 2.25. The van der Waals surface area contributed by atoms with Gasteiger partial charge in [-0.2, -0.15) is 0 Å². The zero-order valence-corrected chi connectivity index (χ0v) is 15.2. The van der Waals surface area contributed by atoms with E-state index in [0.717, 1.165) is 27.7 Å². The van der Waals surface area contributed by atoms with Gasteiger partial charge in [0.1, 0.15) is 6.61 Å². The first kappa shape index (κ1) is 17.3. The summed E-state index contributed by atoms with van der Waals surface area (Å²) >= 11 is 5.90. The van der Waals surface area contributed by atoms with Crippen LogP contribution in [0.3, 0.4) is 0 Å². The molecule has 0 fully saturated rings. The van der Waals surface area contributed by atoms with Crippen LogP contribution in [0.1, 0.15) is 15.9 Å². The summed E-state index contributed by atoms with van der Waals surface area (Å²) in [7, 11) is 0. The Morgan fingerprint density at radius 1 is 0.889 bits per heavy atom. The summed E-state index contributed by atoms with van der Waals surface area (Å²) in [4.78, 5) is 17.5. The third-order valence-corrected chi connectivity index (χ3v) is 4.54. The number of ether oxygens (including phenoxy) is 1. The van der Waals surface area contributed by atoms with E-state index in [1.165, 1.54) is 0 Å². The van der Waals surface area contributed by atoms with Crippen molar-refractivity contribution in [1.29, 1.82) is 0 Å². The monoisotopic (exact) mass is 373 g/mol. The van der Waals surface area contributed by atoms with Gasteiger partial charge >= 0.3 is 5.97 Å². The Morgan fingerprint density at radius 3 is 2.37 bits per heavy atom. The van der Waals surface area contributed by atoms with Gasteiger partial charge in [0.25, 0.3) is 0 Å². The number of hydrogen-bond acceptors (Lipinski definition) is 3. The Morgan fingerprint density at radius 2 is 1.59 bits per heavy atom. The average molecular weight is 374 g/mol. The maximum Gasteiger partial charge on any atom is 0.339 e. The summed E-state index contributed by atoms with van der Waals surface area (Å²) in [6.45, 7) is 0.188. The Kier molecular flexibility index (Phi) is 4.86. The van der Waals surface area contributed by atoms with Gasteiger partial charge in [-0.15, -0.1) is 0 Å². The number of hydrogen-bond donors (Lipinski definition) is 0. The zero-order chi connectivity index (χ0) is 18.6. The second-order valence-electron chi connectivity index (χ2n) is 6.14. The van der Waals surface area contributed by atoms with Crippen LogP contribution < -0.4 is 0 Å². The molecule has 0 aliphatic carbocycles. The van der Waals surface area contributed by atoms with E-state index in [1.807, 2.05) is 66.7 Å². The first-order chi connectivity index (χ1) is 13.2. The number of halogens is 1. The SMILES string of the molecule is O=C(OCc1ccc(Cl)cc1)c1cc(-c2ccccc2)nc2ccccc12. The van der Waals surface area contributed by atoms with Crippen molar-refractivity contribution >= 4 is 28.5 Å². The molecule has 0 aliphatic rings. The number of aromatic nitrogens is 1. The molecule has 0 N–H and O–H groups in total. The number of nitrogens with zero attached hydrogens (tertiary/aromatic N) is 1. The second-order valence-corrected chi connectivity index (χ2v) is 6.58. The van der Waals surface area contributed by atoms with Crippen molar-refractivity contribution in [3.63, 3.8) is 0 Å². The molecular formula is C23H16ClNO2. The standard InChI is InChI=1S/C23H16ClNO2/c24-18-12-10-16(11-13-18)15-27-23(26)20-14-22(17-6-2-1-3-7-17)25-21-9-5-4-8-19(20)21/h1-14H,15H2. The number of carbonyl (C=O) groups excluding carboxylic acids is 1. The van der Waals surface area contributed by atoms with Gasteiger partial charge in [-0.3, -0.25) is 0 Å². The van der Waals surface area contributed by atoms with E-state index in [-0.39, 0.29) is 12.6 Å². The van der Waals surface area contributed by atoms with E-state index in [2.05, 4.69) is 0 Å². The van der Waals surface area contributed by atoms with Gasteiger partial charge in [-0.1, -0.05) is 72.3 Å². The highest BCUT2D eigenvalue weighted by molar-refractivity contribution is 6.30. The van der Waals surface area contributed by atoms with Crippen LogP contribution in [0, 0.1) is 0 Å². The number of rotatable bonds is 4. The lowest BCUT2D eigenvalue weighted by atomic mass is 10.0. The van der Waals surface area contributed by atoms with E-state index in [4.69, 9.17) is 21.3 Å². The number of carbonyl (C=O) groups is 1. The highest BCUT2D eigenvalue weighted by Gasteiger charge is 2.15.